The Morgan fingerprint density at radius 2 is 0.779 bits per heavy atom. The summed E-state index contributed by atoms with van der Waals surface area (Å²) in [4.78, 5) is 37.2. The van der Waals surface area contributed by atoms with Gasteiger partial charge in [0, 0.05) is 19.3 Å². The number of likely N-dealkylation sites (N-methyl/N-ethyl adjacent to an activating group) is 1. The highest BCUT2D eigenvalue weighted by atomic mass is 16.6. The van der Waals surface area contributed by atoms with Crippen LogP contribution in [0.5, 0.6) is 0 Å². The third kappa shape index (κ3) is 47.8. The Hall–Kier alpha value is -3.23. The second kappa shape index (κ2) is 50.2. The molecule has 0 rings (SSSR count). The van der Waals surface area contributed by atoms with E-state index in [1.807, 2.05) is 21.1 Å². The highest BCUT2D eigenvalue weighted by Gasteiger charge is 2.25. The standard InChI is InChI=1S/C60H105NO7/c1-6-8-10-12-14-16-18-20-22-24-26-28-29-31-32-34-36-38-40-42-44-46-48-50-58(62)67-55-56(54-66-53-52-57(60(64)65)61(3,4)5)68-59(63)51-49-47-45-43-41-39-37-35-33-30-27-25-23-21-19-17-15-13-11-9-7-2/h8-11,14-17,20,22,26,28,56-57H,6-7,12-13,18-19,21,23-25,27,29-55H2,1-5H3/b10-8+,11-9+,16-14+,17-15+,22-20+,28-26+. The van der Waals surface area contributed by atoms with Crippen LogP contribution in [0.25, 0.3) is 0 Å². The number of ether oxygens (including phenoxy) is 3. The fraction of sp³-hybridized carbons (Fsp3) is 0.750. The molecule has 8 heteroatoms. The van der Waals surface area contributed by atoms with Crippen molar-refractivity contribution in [2.75, 3.05) is 41.0 Å². The molecule has 2 atom stereocenters. The van der Waals surface area contributed by atoms with Gasteiger partial charge in [0.15, 0.2) is 6.10 Å². The highest BCUT2D eigenvalue weighted by molar-refractivity contribution is 5.70. The number of unbranched alkanes of at least 4 members (excludes halogenated alkanes) is 24. The molecule has 0 heterocycles. The molecule has 0 aromatic carbocycles. The number of carboxylic acid groups (broad SMARTS) is 1. The predicted molar refractivity (Wildman–Crippen MR) is 286 cm³/mol. The Kier molecular flexibility index (Phi) is 47.8. The maximum Gasteiger partial charge on any atom is 0.306 e. The van der Waals surface area contributed by atoms with Crippen molar-refractivity contribution in [3.63, 3.8) is 0 Å². The van der Waals surface area contributed by atoms with Gasteiger partial charge in [-0.1, -0.05) is 215 Å². The first-order chi connectivity index (χ1) is 33.1. The molecule has 8 nitrogen and oxygen atoms in total. The molecule has 0 bridgehead atoms. The van der Waals surface area contributed by atoms with Crippen molar-refractivity contribution in [3.8, 4) is 0 Å². The van der Waals surface area contributed by atoms with Crippen LogP contribution in [-0.2, 0) is 28.6 Å². The van der Waals surface area contributed by atoms with Crippen molar-refractivity contribution < 1.29 is 38.2 Å². The zero-order valence-electron chi connectivity index (χ0n) is 44.8. The molecule has 2 unspecified atom stereocenters. The van der Waals surface area contributed by atoms with Crippen LogP contribution in [0, 0.1) is 0 Å². The van der Waals surface area contributed by atoms with Crippen molar-refractivity contribution in [1.82, 2.24) is 0 Å². The van der Waals surface area contributed by atoms with E-state index in [1.54, 1.807) is 0 Å². The van der Waals surface area contributed by atoms with Gasteiger partial charge in [0.05, 0.1) is 40.3 Å². The van der Waals surface area contributed by atoms with E-state index in [0.29, 0.717) is 12.8 Å². The van der Waals surface area contributed by atoms with Crippen LogP contribution < -0.4 is 5.11 Å². The third-order valence-electron chi connectivity index (χ3n) is 12.3. The molecule has 0 aromatic rings. The van der Waals surface area contributed by atoms with E-state index in [4.69, 9.17) is 14.2 Å². The molecule has 68 heavy (non-hydrogen) atoms. The number of nitrogens with zero attached hydrogens (tertiary/aromatic N) is 1. The molecule has 0 saturated carbocycles. The van der Waals surface area contributed by atoms with Crippen LogP contribution >= 0.6 is 0 Å². The number of carbonyl (C=O) groups excluding carboxylic acids is 3. The summed E-state index contributed by atoms with van der Waals surface area (Å²) >= 11 is 0. The number of esters is 2. The number of carboxylic acids is 1. The first-order valence-electron chi connectivity index (χ1n) is 28.0. The van der Waals surface area contributed by atoms with Crippen LogP contribution in [0.1, 0.15) is 239 Å². The van der Waals surface area contributed by atoms with Crippen molar-refractivity contribution in [1.29, 1.82) is 0 Å². The molecular weight excluding hydrogens is 847 g/mol. The summed E-state index contributed by atoms with van der Waals surface area (Å²) in [7, 11) is 5.42. The largest absolute Gasteiger partial charge is 0.544 e. The number of carbonyl (C=O) groups is 3. The maximum atomic E-state index is 12.8. The first kappa shape index (κ1) is 64.8. The molecule has 0 aliphatic rings. The molecule has 0 radical (unpaired) electrons. The summed E-state index contributed by atoms with van der Waals surface area (Å²) in [5.74, 6) is -1.73. The van der Waals surface area contributed by atoms with E-state index in [0.717, 1.165) is 77.0 Å². The number of allylic oxidation sites excluding steroid dienone is 12. The Bertz CT molecular complexity index is 1340. The minimum absolute atomic E-state index is 0.0384. The third-order valence-corrected chi connectivity index (χ3v) is 12.3. The van der Waals surface area contributed by atoms with E-state index in [1.165, 1.54) is 128 Å². The Balaban J connectivity index is 4.18. The van der Waals surface area contributed by atoms with Gasteiger partial charge in [0.1, 0.15) is 12.6 Å². The quantitative estimate of drug-likeness (QED) is 0.0259. The van der Waals surface area contributed by atoms with Crippen LogP contribution in [0.4, 0.5) is 0 Å². The van der Waals surface area contributed by atoms with Gasteiger partial charge in [-0.2, -0.15) is 0 Å². The molecule has 0 spiro atoms. The Morgan fingerprint density at radius 1 is 0.441 bits per heavy atom. The Labute approximate surface area is 419 Å². The topological polar surface area (TPSA) is 102 Å². The minimum Gasteiger partial charge on any atom is -0.544 e. The fourth-order valence-electron chi connectivity index (χ4n) is 8.10. The van der Waals surface area contributed by atoms with E-state index in [2.05, 4.69) is 86.8 Å². The average Bonchev–Trinajstić information content (AvgIpc) is 3.30. The highest BCUT2D eigenvalue weighted by Crippen LogP contribution is 2.16. The summed E-state index contributed by atoms with van der Waals surface area (Å²) < 4.78 is 17.3. The van der Waals surface area contributed by atoms with Crippen molar-refractivity contribution >= 4 is 17.9 Å². The van der Waals surface area contributed by atoms with E-state index in [-0.39, 0.29) is 42.7 Å². The summed E-state index contributed by atoms with van der Waals surface area (Å²) in [5, 5.41) is 11.7. The van der Waals surface area contributed by atoms with Crippen molar-refractivity contribution in [2.24, 2.45) is 0 Å². The average molecular weight is 952 g/mol. The SMILES string of the molecule is CC/C=C/C/C=C/C/C=C/C/C=C/CCCCCCCCCCCCC(=O)OCC(COCCC(C(=O)[O-])[N+](C)(C)C)OC(=O)CCCCCCCCCCCCCCCC/C=C/C/C=C/CC. The molecule has 0 aliphatic heterocycles. The zero-order chi connectivity index (χ0) is 49.9. The fourth-order valence-corrected chi connectivity index (χ4v) is 8.10. The van der Waals surface area contributed by atoms with Gasteiger partial charge in [-0.15, -0.1) is 0 Å². The molecule has 0 amide bonds. The zero-order valence-corrected chi connectivity index (χ0v) is 44.8. The molecule has 0 aromatic heterocycles. The van der Waals surface area contributed by atoms with Gasteiger partial charge in [-0.25, -0.2) is 0 Å². The molecule has 0 saturated heterocycles. The first-order valence-corrected chi connectivity index (χ1v) is 28.0. The monoisotopic (exact) mass is 952 g/mol. The second-order valence-corrected chi connectivity index (χ2v) is 19.8. The number of rotatable bonds is 50. The minimum atomic E-state index is -1.12. The van der Waals surface area contributed by atoms with E-state index < -0.39 is 18.1 Å². The number of quaternary nitrogens is 1. The van der Waals surface area contributed by atoms with Crippen LogP contribution in [-0.4, -0.2) is 75.5 Å². The number of aliphatic carboxylic acids is 1. The van der Waals surface area contributed by atoms with Crippen LogP contribution in [0.2, 0.25) is 0 Å². The lowest BCUT2D eigenvalue weighted by Gasteiger charge is -2.34. The van der Waals surface area contributed by atoms with Crippen molar-refractivity contribution in [2.45, 2.75) is 251 Å². The second-order valence-electron chi connectivity index (χ2n) is 19.8. The summed E-state index contributed by atoms with van der Waals surface area (Å²) in [5.41, 5.74) is 0. The van der Waals surface area contributed by atoms with E-state index >= 15 is 0 Å². The number of hydrogen-bond acceptors (Lipinski definition) is 7. The predicted octanol–water partition coefficient (Wildman–Crippen LogP) is 15.3. The molecule has 0 N–H and O–H groups in total. The molecular formula is C60H105NO7. The van der Waals surface area contributed by atoms with Gasteiger partial charge >= 0.3 is 11.9 Å². The van der Waals surface area contributed by atoms with Gasteiger partial charge in [0.25, 0.3) is 0 Å². The maximum absolute atomic E-state index is 12.8. The normalized spacial score (nSPS) is 13.4. The van der Waals surface area contributed by atoms with Gasteiger partial charge in [-0.3, -0.25) is 9.59 Å². The molecule has 0 fully saturated rings. The summed E-state index contributed by atoms with van der Waals surface area (Å²) in [6.45, 7) is 4.47. The van der Waals surface area contributed by atoms with Gasteiger partial charge in [0.2, 0.25) is 0 Å². The summed E-state index contributed by atoms with van der Waals surface area (Å²) in [6.07, 6.45) is 65.1. The summed E-state index contributed by atoms with van der Waals surface area (Å²) in [6, 6.07) is -0.729. The van der Waals surface area contributed by atoms with Crippen LogP contribution in [0.15, 0.2) is 72.9 Å². The molecule has 0 aliphatic carbocycles. The lowest BCUT2D eigenvalue weighted by molar-refractivity contribution is -0.889. The van der Waals surface area contributed by atoms with Gasteiger partial charge < -0.3 is 28.6 Å². The smallest absolute Gasteiger partial charge is 0.306 e. The number of hydrogen-bond donors (Lipinski definition) is 0. The van der Waals surface area contributed by atoms with Crippen molar-refractivity contribution in [3.05, 3.63) is 72.9 Å². The lowest BCUT2D eigenvalue weighted by atomic mass is 10.0. The Morgan fingerprint density at radius 3 is 1.15 bits per heavy atom. The van der Waals surface area contributed by atoms with Crippen LogP contribution in [0.3, 0.4) is 0 Å². The lowest BCUT2D eigenvalue weighted by Crippen LogP contribution is -2.55. The molecule has 392 valence electrons. The van der Waals surface area contributed by atoms with Gasteiger partial charge in [-0.05, 0) is 77.0 Å². The van der Waals surface area contributed by atoms with E-state index in [9.17, 15) is 19.5 Å².